The van der Waals surface area contributed by atoms with Crippen LogP contribution in [0.5, 0.6) is 5.75 Å². The van der Waals surface area contributed by atoms with Gasteiger partial charge in [0, 0.05) is 37.9 Å². The van der Waals surface area contributed by atoms with Gasteiger partial charge in [-0.25, -0.2) is 4.98 Å². The largest absolute Gasteiger partial charge is 0.497 e. The molecule has 8 heteroatoms. The number of hydrogen-bond donors (Lipinski definition) is 0. The van der Waals surface area contributed by atoms with Crippen molar-refractivity contribution >= 4 is 32.8 Å². The first-order valence-corrected chi connectivity index (χ1v) is 12.9. The van der Waals surface area contributed by atoms with E-state index < -0.39 is 0 Å². The lowest BCUT2D eigenvalue weighted by atomic mass is 9.83. The third-order valence-electron chi connectivity index (χ3n) is 6.11. The van der Waals surface area contributed by atoms with Gasteiger partial charge in [-0.05, 0) is 59.9 Å². The summed E-state index contributed by atoms with van der Waals surface area (Å²) in [6, 6.07) is 14.2. The van der Waals surface area contributed by atoms with Crippen molar-refractivity contribution in [1.29, 1.82) is 0 Å². The third kappa shape index (κ3) is 4.20. The molecule has 0 aliphatic heterocycles. The average Bonchev–Trinajstić information content (AvgIpc) is 3.57. The molecule has 34 heavy (non-hydrogen) atoms. The first kappa shape index (κ1) is 21.0. The highest BCUT2D eigenvalue weighted by Gasteiger charge is 2.21. The Morgan fingerprint density at radius 1 is 1.06 bits per heavy atom. The second-order valence-corrected chi connectivity index (χ2v) is 10.1. The fourth-order valence-corrected chi connectivity index (χ4v) is 5.62. The number of thiazole rings is 1. The van der Waals surface area contributed by atoms with Gasteiger partial charge in [0.05, 0.1) is 19.3 Å². The van der Waals surface area contributed by atoms with Gasteiger partial charge in [0.15, 0.2) is 5.01 Å². The fraction of sp³-hybridized carbons (Fsp3) is 0.231. The molecule has 5 aromatic rings. The molecule has 0 saturated heterocycles. The van der Waals surface area contributed by atoms with Crippen LogP contribution < -0.4 is 4.74 Å². The SMILES string of the molecule is COc1ccc(Cn2nnc(-c3csc4ccc(C#Cc5nc(C6CCC6)cs5)cc34)n2)cc1. The Hall–Kier alpha value is -3.54. The summed E-state index contributed by atoms with van der Waals surface area (Å²) in [5, 5.41) is 19.4. The Morgan fingerprint density at radius 2 is 1.94 bits per heavy atom. The summed E-state index contributed by atoms with van der Waals surface area (Å²) in [7, 11) is 1.66. The van der Waals surface area contributed by atoms with E-state index >= 15 is 0 Å². The highest BCUT2D eigenvalue weighted by Crippen LogP contribution is 2.36. The first-order chi connectivity index (χ1) is 16.7. The van der Waals surface area contributed by atoms with Crippen molar-refractivity contribution in [2.24, 2.45) is 0 Å². The number of methoxy groups -OCH3 is 1. The molecule has 1 aliphatic carbocycles. The van der Waals surface area contributed by atoms with Crippen LogP contribution in [0.2, 0.25) is 0 Å². The number of rotatable bonds is 5. The molecule has 0 spiro atoms. The van der Waals surface area contributed by atoms with Gasteiger partial charge in [-0.3, -0.25) is 0 Å². The molecule has 6 rings (SSSR count). The molecule has 3 heterocycles. The number of hydrogen-bond acceptors (Lipinski definition) is 7. The normalized spacial score (nSPS) is 13.4. The quantitative estimate of drug-likeness (QED) is 0.299. The molecule has 1 saturated carbocycles. The van der Waals surface area contributed by atoms with E-state index in [1.807, 2.05) is 24.3 Å². The molecule has 0 unspecified atom stereocenters. The van der Waals surface area contributed by atoms with Crippen molar-refractivity contribution in [1.82, 2.24) is 25.2 Å². The molecule has 168 valence electrons. The zero-order valence-corrected chi connectivity index (χ0v) is 20.2. The maximum atomic E-state index is 5.22. The maximum Gasteiger partial charge on any atom is 0.206 e. The minimum absolute atomic E-state index is 0.548. The van der Waals surface area contributed by atoms with Crippen LogP contribution in [0, 0.1) is 11.8 Å². The number of tetrazole rings is 1. The van der Waals surface area contributed by atoms with Gasteiger partial charge < -0.3 is 4.74 Å². The third-order valence-corrected chi connectivity index (χ3v) is 7.85. The zero-order valence-electron chi connectivity index (χ0n) is 18.6. The fourth-order valence-electron chi connectivity index (χ4n) is 3.95. The van der Waals surface area contributed by atoms with Gasteiger partial charge in [0.2, 0.25) is 5.82 Å². The minimum Gasteiger partial charge on any atom is -0.497 e. The standard InChI is InChI=1S/C26H21N5OS2/c1-32-20-9-5-18(6-10-20)14-31-29-26(28-30-31)22-15-33-24-11-7-17(13-21(22)24)8-12-25-27-23(16-34-25)19-3-2-4-19/h5-7,9-11,13,15-16,19H,2-4,14H2,1H3. The molecule has 2 aromatic carbocycles. The lowest BCUT2D eigenvalue weighted by Gasteiger charge is -2.22. The van der Waals surface area contributed by atoms with E-state index in [2.05, 4.69) is 56.2 Å². The molecule has 6 nitrogen and oxygen atoms in total. The zero-order chi connectivity index (χ0) is 22.9. The van der Waals surface area contributed by atoms with Gasteiger partial charge >= 0.3 is 0 Å². The molecule has 0 radical (unpaired) electrons. The molecule has 0 N–H and O–H groups in total. The van der Waals surface area contributed by atoms with E-state index in [0.717, 1.165) is 32.8 Å². The van der Waals surface area contributed by atoms with Crippen molar-refractivity contribution in [3.63, 3.8) is 0 Å². The second kappa shape index (κ2) is 9.01. The van der Waals surface area contributed by atoms with E-state index in [1.54, 1.807) is 34.6 Å². The molecule has 0 amide bonds. The van der Waals surface area contributed by atoms with Crippen LogP contribution in [0.15, 0.2) is 53.2 Å². The molecule has 1 aliphatic rings. The maximum absolute atomic E-state index is 5.22. The van der Waals surface area contributed by atoms with Crippen molar-refractivity contribution < 1.29 is 4.74 Å². The Kier molecular flexibility index (Phi) is 5.57. The van der Waals surface area contributed by atoms with Crippen LogP contribution >= 0.6 is 22.7 Å². The number of fused-ring (bicyclic) bond motifs is 1. The number of thiophene rings is 1. The smallest absolute Gasteiger partial charge is 0.206 e. The van der Waals surface area contributed by atoms with Crippen LogP contribution in [0.1, 0.15) is 47.0 Å². The van der Waals surface area contributed by atoms with Crippen molar-refractivity contribution in [2.75, 3.05) is 7.11 Å². The predicted octanol–water partition coefficient (Wildman–Crippen LogP) is 5.74. The van der Waals surface area contributed by atoms with Crippen LogP contribution in [0.3, 0.4) is 0 Å². The number of benzene rings is 2. The summed E-state index contributed by atoms with van der Waals surface area (Å²) >= 11 is 3.31. The number of nitrogens with zero attached hydrogens (tertiary/aromatic N) is 5. The molecule has 0 bridgehead atoms. The Bertz CT molecular complexity index is 1520. The van der Waals surface area contributed by atoms with E-state index in [0.29, 0.717) is 18.3 Å². The van der Waals surface area contributed by atoms with Crippen molar-refractivity contribution in [3.05, 3.63) is 75.1 Å². The lowest BCUT2D eigenvalue weighted by molar-refractivity contribution is 0.412. The van der Waals surface area contributed by atoms with Crippen molar-refractivity contribution in [2.45, 2.75) is 31.7 Å². The van der Waals surface area contributed by atoms with Gasteiger partial charge in [0.25, 0.3) is 0 Å². The topological polar surface area (TPSA) is 65.7 Å². The van der Waals surface area contributed by atoms with Crippen LogP contribution in [0.25, 0.3) is 21.5 Å². The van der Waals surface area contributed by atoms with E-state index in [-0.39, 0.29) is 0 Å². The van der Waals surface area contributed by atoms with Gasteiger partial charge in [-0.2, -0.15) is 4.80 Å². The number of aromatic nitrogens is 5. The summed E-state index contributed by atoms with van der Waals surface area (Å²) in [5.74, 6) is 8.62. The summed E-state index contributed by atoms with van der Waals surface area (Å²) in [4.78, 5) is 6.34. The van der Waals surface area contributed by atoms with Crippen LogP contribution in [-0.2, 0) is 6.54 Å². The molecule has 1 fully saturated rings. The van der Waals surface area contributed by atoms with Gasteiger partial charge in [-0.1, -0.05) is 24.5 Å². The number of ether oxygens (including phenoxy) is 1. The summed E-state index contributed by atoms with van der Waals surface area (Å²) in [6.07, 6.45) is 3.83. The summed E-state index contributed by atoms with van der Waals surface area (Å²) in [5.41, 5.74) is 4.23. The minimum atomic E-state index is 0.548. The van der Waals surface area contributed by atoms with Crippen LogP contribution in [0.4, 0.5) is 0 Å². The molecule has 3 aromatic heterocycles. The summed E-state index contributed by atoms with van der Waals surface area (Å²) in [6.45, 7) is 0.548. The van der Waals surface area contributed by atoms with E-state index in [1.165, 1.54) is 29.7 Å². The first-order valence-electron chi connectivity index (χ1n) is 11.1. The van der Waals surface area contributed by atoms with Gasteiger partial charge in [-0.15, -0.1) is 32.9 Å². The Balaban J connectivity index is 1.23. The molecular weight excluding hydrogens is 462 g/mol. The summed E-state index contributed by atoms with van der Waals surface area (Å²) < 4.78 is 6.40. The average molecular weight is 484 g/mol. The van der Waals surface area contributed by atoms with E-state index in [9.17, 15) is 0 Å². The Morgan fingerprint density at radius 3 is 2.74 bits per heavy atom. The Labute approximate surface area is 205 Å². The molecular formula is C26H21N5OS2. The van der Waals surface area contributed by atoms with Gasteiger partial charge in [0.1, 0.15) is 5.75 Å². The van der Waals surface area contributed by atoms with Crippen molar-refractivity contribution in [3.8, 4) is 29.0 Å². The van der Waals surface area contributed by atoms with E-state index in [4.69, 9.17) is 9.72 Å². The highest BCUT2D eigenvalue weighted by atomic mass is 32.1. The molecule has 0 atom stereocenters. The van der Waals surface area contributed by atoms with Crippen LogP contribution in [-0.4, -0.2) is 32.3 Å². The second-order valence-electron chi connectivity index (χ2n) is 8.31. The lowest BCUT2D eigenvalue weighted by Crippen LogP contribution is -2.08. The monoisotopic (exact) mass is 483 g/mol. The highest BCUT2D eigenvalue weighted by molar-refractivity contribution is 7.17. The predicted molar refractivity (Wildman–Crippen MR) is 135 cm³/mol.